The maximum atomic E-state index is 14.0. The minimum atomic E-state index is -2.36. The lowest BCUT2D eigenvalue weighted by Crippen LogP contribution is -2.40. The molecule has 0 aliphatic carbocycles. The van der Waals surface area contributed by atoms with Crippen LogP contribution in [-0.4, -0.2) is 47.8 Å². The normalized spacial score (nSPS) is 23.6. The van der Waals surface area contributed by atoms with E-state index in [-0.39, 0.29) is 13.0 Å². The van der Waals surface area contributed by atoms with E-state index in [1.165, 1.54) is 12.0 Å². The third-order valence-corrected chi connectivity index (χ3v) is 3.48. The van der Waals surface area contributed by atoms with Gasteiger partial charge in [-0.2, -0.15) is 0 Å². The van der Waals surface area contributed by atoms with Gasteiger partial charge in [0.25, 0.3) is 5.91 Å². The van der Waals surface area contributed by atoms with E-state index >= 15 is 0 Å². The molecule has 0 radical (unpaired) electrons. The molecule has 1 fully saturated rings. The van der Waals surface area contributed by atoms with Crippen LogP contribution in [-0.2, 0) is 14.3 Å². The highest BCUT2D eigenvalue weighted by Gasteiger charge is 2.47. The number of nitrogens with zero attached hydrogens (tertiary/aromatic N) is 1. The minimum Gasteiger partial charge on any atom is -0.479 e. The summed E-state index contributed by atoms with van der Waals surface area (Å²) in [7, 11) is 1.39. The van der Waals surface area contributed by atoms with Crippen molar-refractivity contribution in [2.45, 2.75) is 18.2 Å². The molecule has 1 aromatic carbocycles. The number of methoxy groups -OCH3 is 1. The highest BCUT2D eigenvalue weighted by Crippen LogP contribution is 2.29. The topological polar surface area (TPSA) is 66.8 Å². The van der Waals surface area contributed by atoms with Crippen molar-refractivity contribution in [1.82, 2.24) is 4.90 Å². The first-order valence-electron chi connectivity index (χ1n) is 6.27. The summed E-state index contributed by atoms with van der Waals surface area (Å²) in [6.07, 6.45) is -1.04. The van der Waals surface area contributed by atoms with Crippen LogP contribution in [0.5, 0.6) is 0 Å². The van der Waals surface area contributed by atoms with Gasteiger partial charge in [0.05, 0.1) is 6.54 Å². The SMILES string of the molecule is COC(C(=O)N1CCC(F)(C(=O)O)C1)c1ccccc1. The van der Waals surface area contributed by atoms with Gasteiger partial charge in [0.15, 0.2) is 6.10 Å². The van der Waals surface area contributed by atoms with E-state index in [0.29, 0.717) is 5.56 Å². The van der Waals surface area contributed by atoms with Gasteiger partial charge in [-0.15, -0.1) is 0 Å². The van der Waals surface area contributed by atoms with Crippen molar-refractivity contribution >= 4 is 11.9 Å². The zero-order chi connectivity index (χ0) is 14.8. The molecule has 0 bridgehead atoms. The van der Waals surface area contributed by atoms with E-state index in [4.69, 9.17) is 9.84 Å². The number of ether oxygens (including phenoxy) is 1. The predicted molar refractivity (Wildman–Crippen MR) is 68.9 cm³/mol. The molecule has 1 heterocycles. The number of amides is 1. The van der Waals surface area contributed by atoms with Crippen LogP contribution in [0.4, 0.5) is 4.39 Å². The van der Waals surface area contributed by atoms with Crippen molar-refractivity contribution in [3.05, 3.63) is 35.9 Å². The molecule has 5 nitrogen and oxygen atoms in total. The number of carbonyl (C=O) groups is 2. The zero-order valence-electron chi connectivity index (χ0n) is 11.1. The second-order valence-electron chi connectivity index (χ2n) is 4.81. The first-order chi connectivity index (χ1) is 9.48. The molecule has 20 heavy (non-hydrogen) atoms. The Labute approximate surface area is 116 Å². The standard InChI is InChI=1S/C14H16FNO4/c1-20-11(10-5-3-2-4-6-10)12(17)16-8-7-14(15,9-16)13(18)19/h2-6,11H,7-9H2,1H3,(H,18,19). The van der Waals surface area contributed by atoms with Crippen LogP contribution < -0.4 is 0 Å². The van der Waals surface area contributed by atoms with Gasteiger partial charge in [-0.3, -0.25) is 4.79 Å². The quantitative estimate of drug-likeness (QED) is 0.906. The van der Waals surface area contributed by atoms with E-state index in [1.54, 1.807) is 24.3 Å². The molecule has 1 aromatic rings. The van der Waals surface area contributed by atoms with Crippen LogP contribution in [0, 0.1) is 0 Å². The molecule has 0 saturated carbocycles. The fraction of sp³-hybridized carbons (Fsp3) is 0.429. The van der Waals surface area contributed by atoms with E-state index in [1.807, 2.05) is 6.07 Å². The Balaban J connectivity index is 2.13. The van der Waals surface area contributed by atoms with Gasteiger partial charge in [0.1, 0.15) is 0 Å². The Hall–Kier alpha value is -1.95. The second-order valence-corrected chi connectivity index (χ2v) is 4.81. The van der Waals surface area contributed by atoms with Crippen molar-refractivity contribution in [1.29, 1.82) is 0 Å². The number of benzene rings is 1. The summed E-state index contributed by atoms with van der Waals surface area (Å²) < 4.78 is 19.2. The van der Waals surface area contributed by atoms with Crippen molar-refractivity contribution in [2.24, 2.45) is 0 Å². The summed E-state index contributed by atoms with van der Waals surface area (Å²) in [5, 5.41) is 8.84. The molecule has 0 spiro atoms. The Morgan fingerprint density at radius 3 is 2.55 bits per heavy atom. The zero-order valence-corrected chi connectivity index (χ0v) is 11.1. The van der Waals surface area contributed by atoms with Crippen molar-refractivity contribution in [3.8, 4) is 0 Å². The lowest BCUT2D eigenvalue weighted by atomic mass is 10.1. The molecule has 1 aliphatic heterocycles. The predicted octanol–water partition coefficient (Wildman–Crippen LogP) is 1.40. The highest BCUT2D eigenvalue weighted by molar-refractivity contribution is 5.85. The number of carboxylic acids is 1. The van der Waals surface area contributed by atoms with Gasteiger partial charge < -0.3 is 14.7 Å². The fourth-order valence-electron chi connectivity index (χ4n) is 2.31. The lowest BCUT2D eigenvalue weighted by molar-refractivity contribution is -0.151. The summed E-state index contributed by atoms with van der Waals surface area (Å²) in [6, 6.07) is 8.84. The number of aliphatic carboxylic acids is 1. The third-order valence-electron chi connectivity index (χ3n) is 3.48. The monoisotopic (exact) mass is 281 g/mol. The number of hydrogen-bond acceptors (Lipinski definition) is 3. The number of rotatable bonds is 4. The van der Waals surface area contributed by atoms with E-state index in [2.05, 4.69) is 0 Å². The molecule has 1 amide bonds. The maximum Gasteiger partial charge on any atom is 0.343 e. The summed E-state index contributed by atoms with van der Waals surface area (Å²) in [6.45, 7) is -0.359. The number of carbonyl (C=O) groups excluding carboxylic acids is 1. The van der Waals surface area contributed by atoms with Crippen LogP contribution in [0.1, 0.15) is 18.1 Å². The average Bonchev–Trinajstić information content (AvgIpc) is 2.85. The molecular weight excluding hydrogens is 265 g/mol. The van der Waals surface area contributed by atoms with Crippen molar-refractivity contribution in [2.75, 3.05) is 20.2 Å². The van der Waals surface area contributed by atoms with Crippen LogP contribution in [0.2, 0.25) is 0 Å². The minimum absolute atomic E-state index is 0.0777. The van der Waals surface area contributed by atoms with Gasteiger partial charge in [0.2, 0.25) is 5.67 Å². The molecule has 108 valence electrons. The van der Waals surface area contributed by atoms with Crippen LogP contribution in [0.25, 0.3) is 0 Å². The number of alkyl halides is 1. The molecule has 1 aliphatic rings. The van der Waals surface area contributed by atoms with Crippen LogP contribution in [0.3, 0.4) is 0 Å². The fourth-order valence-corrected chi connectivity index (χ4v) is 2.31. The van der Waals surface area contributed by atoms with E-state index < -0.39 is 30.2 Å². The third kappa shape index (κ3) is 2.65. The second kappa shape index (κ2) is 5.58. The summed E-state index contributed by atoms with van der Waals surface area (Å²) in [5.74, 6) is -1.94. The van der Waals surface area contributed by atoms with Gasteiger partial charge in [-0.05, 0) is 5.56 Å². The summed E-state index contributed by atoms with van der Waals surface area (Å²) in [4.78, 5) is 24.4. The molecule has 1 N–H and O–H groups in total. The molecule has 2 rings (SSSR count). The Kier molecular flexibility index (Phi) is 4.04. The first kappa shape index (κ1) is 14.5. The first-order valence-corrected chi connectivity index (χ1v) is 6.27. The van der Waals surface area contributed by atoms with Crippen LogP contribution in [0.15, 0.2) is 30.3 Å². The average molecular weight is 281 g/mol. The summed E-state index contributed by atoms with van der Waals surface area (Å²) >= 11 is 0. The molecule has 0 aromatic heterocycles. The Morgan fingerprint density at radius 1 is 1.40 bits per heavy atom. The van der Waals surface area contributed by atoms with E-state index in [0.717, 1.165) is 0 Å². The highest BCUT2D eigenvalue weighted by atomic mass is 19.1. The smallest absolute Gasteiger partial charge is 0.343 e. The van der Waals surface area contributed by atoms with Gasteiger partial charge in [0, 0.05) is 20.1 Å². The molecule has 1 saturated heterocycles. The molecule has 6 heteroatoms. The van der Waals surface area contributed by atoms with Crippen molar-refractivity contribution < 1.29 is 23.8 Å². The number of likely N-dealkylation sites (tertiary alicyclic amines) is 1. The number of carboxylic acid groups (broad SMARTS) is 1. The van der Waals surface area contributed by atoms with Crippen molar-refractivity contribution in [3.63, 3.8) is 0 Å². The Morgan fingerprint density at radius 2 is 2.05 bits per heavy atom. The van der Waals surface area contributed by atoms with Gasteiger partial charge in [-0.25, -0.2) is 9.18 Å². The molecule has 2 atom stereocenters. The van der Waals surface area contributed by atoms with Gasteiger partial charge in [-0.1, -0.05) is 30.3 Å². The largest absolute Gasteiger partial charge is 0.479 e. The summed E-state index contributed by atoms with van der Waals surface area (Å²) in [5.41, 5.74) is -1.70. The molecule has 2 unspecified atom stereocenters. The number of hydrogen-bond donors (Lipinski definition) is 1. The van der Waals surface area contributed by atoms with Gasteiger partial charge >= 0.3 is 5.97 Å². The lowest BCUT2D eigenvalue weighted by Gasteiger charge is -2.23. The van der Waals surface area contributed by atoms with Crippen LogP contribution >= 0.6 is 0 Å². The molecular formula is C14H16FNO4. The maximum absolute atomic E-state index is 14.0. The number of halogens is 1. The van der Waals surface area contributed by atoms with E-state index in [9.17, 15) is 14.0 Å². The Bertz CT molecular complexity index is 507.